The molecule has 3 N–H and O–H groups in total. The highest BCUT2D eigenvalue weighted by molar-refractivity contribution is 5.96. The van der Waals surface area contributed by atoms with E-state index in [0.717, 1.165) is 10.9 Å². The number of aromatic nitrogens is 1. The van der Waals surface area contributed by atoms with Gasteiger partial charge in [-0.05, 0) is 35.7 Å². The van der Waals surface area contributed by atoms with Crippen LogP contribution in [0.2, 0.25) is 0 Å². The van der Waals surface area contributed by atoms with E-state index in [9.17, 15) is 14.4 Å². The average molecular weight is 335 g/mol. The zero-order valence-electron chi connectivity index (χ0n) is 13.6. The van der Waals surface area contributed by atoms with E-state index in [1.165, 1.54) is 6.92 Å². The molecule has 126 valence electrons. The van der Waals surface area contributed by atoms with Crippen LogP contribution >= 0.6 is 0 Å². The normalized spacial score (nSPS) is 10.4. The summed E-state index contributed by atoms with van der Waals surface area (Å²) in [5, 5.41) is 6.26. The molecule has 0 aliphatic rings. The van der Waals surface area contributed by atoms with Crippen LogP contribution in [0.3, 0.4) is 0 Å². The van der Waals surface area contributed by atoms with Gasteiger partial charge < -0.3 is 15.6 Å². The molecule has 0 aliphatic carbocycles. The highest BCUT2D eigenvalue weighted by Gasteiger charge is 2.09. The topological polar surface area (TPSA) is 91.1 Å². The Balaban J connectivity index is 1.75. The first-order valence-corrected chi connectivity index (χ1v) is 7.80. The molecule has 1 heterocycles. The number of hydrogen-bond acceptors (Lipinski definition) is 3. The smallest absolute Gasteiger partial charge is 0.253 e. The number of nitrogens with one attached hydrogen (secondary N) is 3. The quantitative estimate of drug-likeness (QED) is 0.684. The van der Waals surface area contributed by atoms with Crippen molar-refractivity contribution in [1.29, 1.82) is 0 Å². The molecule has 0 radical (unpaired) electrons. The van der Waals surface area contributed by atoms with Gasteiger partial charge in [0.15, 0.2) is 0 Å². The maximum Gasteiger partial charge on any atom is 0.253 e. The van der Waals surface area contributed by atoms with Crippen molar-refractivity contribution in [2.45, 2.75) is 13.5 Å². The number of hydrogen-bond donors (Lipinski definition) is 3. The number of pyridine rings is 1. The number of carbonyl (C=O) groups is 2. The van der Waals surface area contributed by atoms with Crippen molar-refractivity contribution in [3.05, 3.63) is 76.1 Å². The molecule has 0 saturated heterocycles. The number of amides is 2. The third kappa shape index (κ3) is 3.92. The first kappa shape index (κ1) is 16.4. The Kier molecular flexibility index (Phi) is 4.61. The maximum atomic E-state index is 12.3. The lowest BCUT2D eigenvalue weighted by atomic mass is 10.1. The predicted molar refractivity (Wildman–Crippen MR) is 96.5 cm³/mol. The van der Waals surface area contributed by atoms with Gasteiger partial charge in [-0.3, -0.25) is 14.4 Å². The van der Waals surface area contributed by atoms with Crippen molar-refractivity contribution in [2.75, 3.05) is 5.32 Å². The predicted octanol–water partition coefficient (Wildman–Crippen LogP) is 2.42. The fraction of sp³-hybridized carbons (Fsp3) is 0.105. The summed E-state index contributed by atoms with van der Waals surface area (Å²) >= 11 is 0. The summed E-state index contributed by atoms with van der Waals surface area (Å²) in [6.07, 6.45) is 0. The van der Waals surface area contributed by atoms with Crippen LogP contribution in [0.1, 0.15) is 22.8 Å². The second-order valence-electron chi connectivity index (χ2n) is 5.66. The van der Waals surface area contributed by atoms with Gasteiger partial charge in [-0.1, -0.05) is 24.3 Å². The number of carbonyl (C=O) groups excluding carboxylic acids is 2. The Morgan fingerprint density at radius 1 is 1.04 bits per heavy atom. The van der Waals surface area contributed by atoms with Gasteiger partial charge in [-0.15, -0.1) is 0 Å². The zero-order chi connectivity index (χ0) is 17.8. The molecule has 6 nitrogen and oxygen atoms in total. The molecular formula is C19H17N3O3. The van der Waals surface area contributed by atoms with Crippen LogP contribution in [0.4, 0.5) is 5.69 Å². The molecular weight excluding hydrogens is 318 g/mol. The van der Waals surface area contributed by atoms with Gasteiger partial charge in [0, 0.05) is 35.8 Å². The summed E-state index contributed by atoms with van der Waals surface area (Å²) in [7, 11) is 0. The number of H-pyrrole nitrogens is 1. The highest BCUT2D eigenvalue weighted by Crippen LogP contribution is 2.12. The van der Waals surface area contributed by atoms with Crippen molar-refractivity contribution in [2.24, 2.45) is 0 Å². The summed E-state index contributed by atoms with van der Waals surface area (Å²) in [6.45, 7) is 1.52. The molecule has 0 spiro atoms. The fourth-order valence-electron chi connectivity index (χ4n) is 2.54. The van der Waals surface area contributed by atoms with E-state index in [2.05, 4.69) is 15.6 Å². The van der Waals surface area contributed by atoms with E-state index < -0.39 is 0 Å². The third-order valence-electron chi connectivity index (χ3n) is 3.71. The Bertz CT molecular complexity index is 1010. The van der Waals surface area contributed by atoms with Crippen molar-refractivity contribution in [3.8, 4) is 0 Å². The van der Waals surface area contributed by atoms with Crippen molar-refractivity contribution in [1.82, 2.24) is 10.3 Å². The molecule has 0 saturated carbocycles. The monoisotopic (exact) mass is 335 g/mol. The lowest BCUT2D eigenvalue weighted by molar-refractivity contribution is -0.114. The fourth-order valence-corrected chi connectivity index (χ4v) is 2.54. The minimum absolute atomic E-state index is 0.114. The number of anilines is 1. The van der Waals surface area contributed by atoms with Gasteiger partial charge in [-0.2, -0.15) is 0 Å². The maximum absolute atomic E-state index is 12.3. The summed E-state index contributed by atoms with van der Waals surface area (Å²) in [4.78, 5) is 38.3. The molecule has 1 aromatic heterocycles. The standard InChI is InChI=1S/C19H17N3O3/c1-12(23)21-16-7-4-6-14(10-16)18(24)20-11-15-9-13-5-2-3-8-17(13)22-19(15)25/h2-10H,11H2,1H3,(H,20,24)(H,21,23)(H,22,25). The SMILES string of the molecule is CC(=O)Nc1cccc(C(=O)NCc2cc3ccccc3[nH]c2=O)c1. The highest BCUT2D eigenvalue weighted by atomic mass is 16.2. The molecule has 0 aliphatic heterocycles. The summed E-state index contributed by atoms with van der Waals surface area (Å²) < 4.78 is 0. The van der Waals surface area contributed by atoms with Gasteiger partial charge >= 0.3 is 0 Å². The second-order valence-corrected chi connectivity index (χ2v) is 5.66. The number of benzene rings is 2. The molecule has 0 bridgehead atoms. The first-order valence-electron chi connectivity index (χ1n) is 7.80. The van der Waals surface area contributed by atoms with Gasteiger partial charge in [0.2, 0.25) is 5.91 Å². The molecule has 0 atom stereocenters. The third-order valence-corrected chi connectivity index (χ3v) is 3.71. The van der Waals surface area contributed by atoms with Crippen LogP contribution in [0, 0.1) is 0 Å². The molecule has 2 aromatic carbocycles. The second kappa shape index (κ2) is 7.00. The molecule has 0 unspecified atom stereocenters. The van der Waals surface area contributed by atoms with E-state index >= 15 is 0 Å². The van der Waals surface area contributed by atoms with Crippen LogP contribution in [0.25, 0.3) is 10.9 Å². The van der Waals surface area contributed by atoms with Crippen LogP contribution < -0.4 is 16.2 Å². The number of para-hydroxylation sites is 1. The molecule has 6 heteroatoms. The lowest BCUT2D eigenvalue weighted by Gasteiger charge is -2.08. The average Bonchev–Trinajstić information content (AvgIpc) is 2.59. The van der Waals surface area contributed by atoms with Crippen LogP contribution in [-0.4, -0.2) is 16.8 Å². The van der Waals surface area contributed by atoms with Crippen molar-refractivity contribution < 1.29 is 9.59 Å². The summed E-state index contributed by atoms with van der Waals surface area (Å²) in [6, 6.07) is 15.8. The van der Waals surface area contributed by atoms with Crippen LogP contribution in [-0.2, 0) is 11.3 Å². The molecule has 0 fully saturated rings. The molecule has 2 amide bonds. The van der Waals surface area contributed by atoms with E-state index in [-0.39, 0.29) is 23.9 Å². The van der Waals surface area contributed by atoms with E-state index in [0.29, 0.717) is 16.8 Å². The minimum Gasteiger partial charge on any atom is -0.348 e. The molecule has 25 heavy (non-hydrogen) atoms. The number of rotatable bonds is 4. The summed E-state index contributed by atoms with van der Waals surface area (Å²) in [5.74, 6) is -0.528. The number of aromatic amines is 1. The Morgan fingerprint density at radius 2 is 1.84 bits per heavy atom. The van der Waals surface area contributed by atoms with Crippen molar-refractivity contribution in [3.63, 3.8) is 0 Å². The molecule has 3 rings (SSSR count). The Morgan fingerprint density at radius 3 is 2.64 bits per heavy atom. The van der Waals surface area contributed by atoms with Gasteiger partial charge in [0.1, 0.15) is 0 Å². The first-order chi connectivity index (χ1) is 12.0. The van der Waals surface area contributed by atoms with Gasteiger partial charge in [0.05, 0.1) is 0 Å². The molecule has 3 aromatic rings. The van der Waals surface area contributed by atoms with Crippen LogP contribution in [0.5, 0.6) is 0 Å². The largest absolute Gasteiger partial charge is 0.348 e. The van der Waals surface area contributed by atoms with Crippen molar-refractivity contribution >= 4 is 28.4 Å². The lowest BCUT2D eigenvalue weighted by Crippen LogP contribution is -2.26. The van der Waals surface area contributed by atoms with E-state index in [4.69, 9.17) is 0 Å². The van der Waals surface area contributed by atoms with Gasteiger partial charge in [0.25, 0.3) is 11.5 Å². The zero-order valence-corrected chi connectivity index (χ0v) is 13.6. The van der Waals surface area contributed by atoms with E-state index in [1.54, 1.807) is 30.3 Å². The Labute approximate surface area is 143 Å². The minimum atomic E-state index is -0.320. The summed E-state index contributed by atoms with van der Waals surface area (Å²) in [5.41, 5.74) is 1.95. The van der Waals surface area contributed by atoms with Gasteiger partial charge in [-0.25, -0.2) is 0 Å². The number of fused-ring (bicyclic) bond motifs is 1. The van der Waals surface area contributed by atoms with E-state index in [1.807, 2.05) is 24.3 Å². The van der Waals surface area contributed by atoms with Crippen LogP contribution in [0.15, 0.2) is 59.4 Å². The Hall–Kier alpha value is -3.41.